The fourth-order valence-corrected chi connectivity index (χ4v) is 4.48. The molecule has 1 aliphatic rings. The summed E-state index contributed by atoms with van der Waals surface area (Å²) in [5.41, 5.74) is 3.83. The number of nitrogens with zero attached hydrogens (tertiary/aromatic N) is 5. The third-order valence-corrected chi connectivity index (χ3v) is 6.07. The molecule has 1 aromatic carbocycles. The summed E-state index contributed by atoms with van der Waals surface area (Å²) in [6.45, 7) is 0.547. The summed E-state index contributed by atoms with van der Waals surface area (Å²) < 4.78 is 1.66. The van der Waals surface area contributed by atoms with E-state index in [2.05, 4.69) is 15.1 Å². The molecule has 0 spiro atoms. The molecular weight excluding hydrogens is 412 g/mol. The van der Waals surface area contributed by atoms with Crippen LogP contribution in [0.4, 0.5) is 0 Å². The molecular formula is C23H17ClN6O. The number of nitrogens with one attached hydrogen (secondary N) is 1. The number of rotatable bonds is 2. The lowest BCUT2D eigenvalue weighted by Crippen LogP contribution is -2.41. The highest BCUT2D eigenvalue weighted by Crippen LogP contribution is 2.35. The Balaban J connectivity index is 1.49. The predicted molar refractivity (Wildman–Crippen MR) is 117 cm³/mol. The van der Waals surface area contributed by atoms with Gasteiger partial charge in [0.05, 0.1) is 35.0 Å². The second-order valence-electron chi connectivity index (χ2n) is 7.61. The average Bonchev–Trinajstić information content (AvgIpc) is 3.44. The van der Waals surface area contributed by atoms with Crippen molar-refractivity contribution in [2.45, 2.75) is 12.5 Å². The Hall–Kier alpha value is -3.71. The normalized spacial score (nSPS) is 16.0. The molecule has 1 atom stereocenters. The van der Waals surface area contributed by atoms with Crippen LogP contribution in [0.15, 0.2) is 67.4 Å². The fourth-order valence-electron chi connectivity index (χ4n) is 4.32. The Bertz CT molecular complexity index is 1460. The number of benzene rings is 1. The van der Waals surface area contributed by atoms with E-state index < -0.39 is 0 Å². The Morgan fingerprint density at radius 2 is 1.97 bits per heavy atom. The van der Waals surface area contributed by atoms with Crippen LogP contribution in [0, 0.1) is 0 Å². The molecule has 1 aliphatic heterocycles. The van der Waals surface area contributed by atoms with Gasteiger partial charge in [0, 0.05) is 41.5 Å². The van der Waals surface area contributed by atoms with Gasteiger partial charge in [-0.05, 0) is 23.6 Å². The summed E-state index contributed by atoms with van der Waals surface area (Å²) in [6, 6.07) is 13.2. The number of H-pyrrole nitrogens is 1. The van der Waals surface area contributed by atoms with E-state index in [0.29, 0.717) is 29.1 Å². The zero-order valence-corrected chi connectivity index (χ0v) is 17.1. The number of aromatic nitrogens is 5. The largest absolute Gasteiger partial charge is 0.348 e. The highest BCUT2D eigenvalue weighted by Gasteiger charge is 2.36. The van der Waals surface area contributed by atoms with Gasteiger partial charge in [-0.15, -0.1) is 0 Å². The predicted octanol–water partition coefficient (Wildman–Crippen LogP) is 4.05. The molecule has 4 aromatic heterocycles. The molecule has 1 amide bonds. The lowest BCUT2D eigenvalue weighted by molar-refractivity contribution is 0.0689. The van der Waals surface area contributed by atoms with Gasteiger partial charge in [0.25, 0.3) is 5.91 Å². The third-order valence-electron chi connectivity index (χ3n) is 5.83. The molecule has 7 nitrogen and oxygen atoms in total. The van der Waals surface area contributed by atoms with Crippen molar-refractivity contribution in [3.05, 3.63) is 95.1 Å². The maximum Gasteiger partial charge on any atom is 0.258 e. The lowest BCUT2D eigenvalue weighted by atomic mass is 9.97. The Morgan fingerprint density at radius 1 is 1.10 bits per heavy atom. The van der Waals surface area contributed by atoms with E-state index in [0.717, 1.165) is 27.9 Å². The zero-order chi connectivity index (χ0) is 20.9. The van der Waals surface area contributed by atoms with E-state index in [4.69, 9.17) is 16.6 Å². The summed E-state index contributed by atoms with van der Waals surface area (Å²) >= 11 is 6.18. The van der Waals surface area contributed by atoms with Gasteiger partial charge in [-0.3, -0.25) is 9.78 Å². The zero-order valence-electron chi connectivity index (χ0n) is 16.4. The molecule has 31 heavy (non-hydrogen) atoms. The number of carbonyl (C=O) groups excluding carboxylic acids is 1. The minimum absolute atomic E-state index is 0.120. The van der Waals surface area contributed by atoms with Crippen molar-refractivity contribution < 1.29 is 4.79 Å². The number of aromatic amines is 1. The number of imidazole rings is 1. The quantitative estimate of drug-likeness (QED) is 0.460. The van der Waals surface area contributed by atoms with E-state index in [1.165, 1.54) is 0 Å². The maximum atomic E-state index is 13.7. The molecule has 0 saturated heterocycles. The van der Waals surface area contributed by atoms with Crippen LogP contribution in [0.3, 0.4) is 0 Å². The van der Waals surface area contributed by atoms with E-state index in [9.17, 15) is 4.79 Å². The standard InChI is InChI=1S/C23H17ClN6O/c24-16-5-8-30-20(10-16)17(12-28-30)23(31)29-7-6-18-21(27-13-26-18)22(29)19-9-14-3-1-2-4-15(14)11-25-19/h1-5,8-13,22H,6-7H2,(H,26,27)/t22-/m1/s1. The molecule has 0 aliphatic carbocycles. The fraction of sp³-hybridized carbons (Fsp3) is 0.130. The van der Waals surface area contributed by atoms with Crippen LogP contribution < -0.4 is 0 Å². The average molecular weight is 429 g/mol. The number of fused-ring (bicyclic) bond motifs is 3. The van der Waals surface area contributed by atoms with Gasteiger partial charge in [0.2, 0.25) is 0 Å². The van der Waals surface area contributed by atoms with Crippen molar-refractivity contribution in [2.75, 3.05) is 6.54 Å². The maximum absolute atomic E-state index is 13.7. The summed E-state index contributed by atoms with van der Waals surface area (Å²) in [5, 5.41) is 7.01. The van der Waals surface area contributed by atoms with Gasteiger partial charge in [0.1, 0.15) is 6.04 Å². The molecule has 0 bridgehead atoms. The summed E-state index contributed by atoms with van der Waals surface area (Å²) in [6.07, 6.45) is 7.58. The Morgan fingerprint density at radius 3 is 2.87 bits per heavy atom. The molecule has 5 aromatic rings. The first kappa shape index (κ1) is 18.1. The van der Waals surface area contributed by atoms with Crippen molar-refractivity contribution in [1.82, 2.24) is 29.5 Å². The second kappa shape index (κ2) is 6.92. The SMILES string of the molecule is O=C(c1cnn2ccc(Cl)cc12)N1CCc2[nH]cnc2[C@H]1c1cc2ccccc2cn1. The van der Waals surface area contributed by atoms with Crippen LogP contribution >= 0.6 is 11.6 Å². The number of hydrogen-bond donors (Lipinski definition) is 1. The number of halogens is 1. The van der Waals surface area contributed by atoms with Crippen molar-refractivity contribution in [2.24, 2.45) is 0 Å². The van der Waals surface area contributed by atoms with Gasteiger partial charge < -0.3 is 9.88 Å². The van der Waals surface area contributed by atoms with Crippen LogP contribution in [0.25, 0.3) is 16.3 Å². The number of hydrogen-bond acceptors (Lipinski definition) is 4. The van der Waals surface area contributed by atoms with Gasteiger partial charge in [-0.1, -0.05) is 35.9 Å². The molecule has 5 heterocycles. The summed E-state index contributed by atoms with van der Waals surface area (Å²) in [5.74, 6) is -0.120. The van der Waals surface area contributed by atoms with Crippen LogP contribution in [0.1, 0.15) is 33.5 Å². The van der Waals surface area contributed by atoms with Crippen LogP contribution in [0.5, 0.6) is 0 Å². The van der Waals surface area contributed by atoms with Crippen molar-refractivity contribution >= 4 is 33.8 Å². The molecule has 152 valence electrons. The minimum Gasteiger partial charge on any atom is -0.348 e. The number of carbonyl (C=O) groups is 1. The minimum atomic E-state index is -0.388. The highest BCUT2D eigenvalue weighted by atomic mass is 35.5. The molecule has 0 fully saturated rings. The Kier molecular flexibility index (Phi) is 4.04. The molecule has 0 radical (unpaired) electrons. The van der Waals surface area contributed by atoms with E-state index in [1.807, 2.05) is 41.4 Å². The van der Waals surface area contributed by atoms with Crippen molar-refractivity contribution in [1.29, 1.82) is 0 Å². The van der Waals surface area contributed by atoms with E-state index in [1.54, 1.807) is 35.4 Å². The van der Waals surface area contributed by atoms with Gasteiger partial charge in [-0.2, -0.15) is 5.10 Å². The van der Waals surface area contributed by atoms with Crippen molar-refractivity contribution in [3.63, 3.8) is 0 Å². The van der Waals surface area contributed by atoms with Crippen molar-refractivity contribution in [3.8, 4) is 0 Å². The van der Waals surface area contributed by atoms with Gasteiger partial charge in [-0.25, -0.2) is 9.50 Å². The topological polar surface area (TPSA) is 79.2 Å². The Labute approximate surface area is 182 Å². The first-order chi connectivity index (χ1) is 15.2. The molecule has 0 saturated carbocycles. The lowest BCUT2D eigenvalue weighted by Gasteiger charge is -2.34. The first-order valence-corrected chi connectivity index (χ1v) is 10.4. The first-order valence-electron chi connectivity index (χ1n) is 10.00. The smallest absolute Gasteiger partial charge is 0.258 e. The molecule has 8 heteroatoms. The van der Waals surface area contributed by atoms with Gasteiger partial charge >= 0.3 is 0 Å². The molecule has 0 unspecified atom stereocenters. The summed E-state index contributed by atoms with van der Waals surface area (Å²) in [4.78, 5) is 28.0. The van der Waals surface area contributed by atoms with Crippen LogP contribution in [-0.4, -0.2) is 41.9 Å². The van der Waals surface area contributed by atoms with E-state index in [-0.39, 0.29) is 11.9 Å². The molecule has 1 N–H and O–H groups in total. The van der Waals surface area contributed by atoms with Crippen LogP contribution in [0.2, 0.25) is 5.02 Å². The van der Waals surface area contributed by atoms with E-state index >= 15 is 0 Å². The highest BCUT2D eigenvalue weighted by molar-refractivity contribution is 6.31. The molecule has 6 rings (SSSR count). The van der Waals surface area contributed by atoms with Crippen LogP contribution in [-0.2, 0) is 6.42 Å². The monoisotopic (exact) mass is 428 g/mol. The second-order valence-corrected chi connectivity index (χ2v) is 8.04. The van der Waals surface area contributed by atoms with Gasteiger partial charge in [0.15, 0.2) is 0 Å². The number of pyridine rings is 2. The third kappa shape index (κ3) is 2.89. The number of amides is 1. The summed E-state index contributed by atoms with van der Waals surface area (Å²) in [7, 11) is 0.